The predicted octanol–water partition coefficient (Wildman–Crippen LogP) is 1.34. The van der Waals surface area contributed by atoms with Crippen LogP contribution in [0.3, 0.4) is 0 Å². The molecule has 27 heavy (non-hydrogen) atoms. The lowest BCUT2D eigenvalue weighted by atomic mass is 10.2. The number of ether oxygens (including phenoxy) is 1. The third-order valence-corrected chi connectivity index (χ3v) is 4.00. The van der Waals surface area contributed by atoms with Crippen LogP contribution in [-0.2, 0) is 11.3 Å². The molecule has 0 aliphatic rings. The first kappa shape index (κ1) is 16.6. The van der Waals surface area contributed by atoms with E-state index < -0.39 is 5.97 Å². The third kappa shape index (κ3) is 3.30. The van der Waals surface area contributed by atoms with E-state index in [2.05, 4.69) is 20.5 Å². The number of benzene rings is 1. The number of aryl methyl sites for hydroxylation is 1. The molecule has 4 aromatic rings. The van der Waals surface area contributed by atoms with Crippen LogP contribution in [0.5, 0.6) is 0 Å². The Morgan fingerprint density at radius 3 is 2.70 bits per heavy atom. The van der Waals surface area contributed by atoms with Gasteiger partial charge in [-0.25, -0.2) is 14.5 Å². The van der Waals surface area contributed by atoms with Gasteiger partial charge >= 0.3 is 5.97 Å². The quantitative estimate of drug-likeness (QED) is 0.504. The highest BCUT2D eigenvalue weighted by Gasteiger charge is 2.10. The molecular weight excluding hydrogens is 348 g/mol. The predicted molar refractivity (Wildman–Crippen MR) is 94.5 cm³/mol. The molecular formula is C18H14N6O3. The number of rotatable bonds is 4. The zero-order chi connectivity index (χ0) is 18.8. The van der Waals surface area contributed by atoms with Crippen LogP contribution in [0, 0.1) is 6.92 Å². The van der Waals surface area contributed by atoms with Crippen molar-refractivity contribution in [2.75, 3.05) is 0 Å². The van der Waals surface area contributed by atoms with Crippen molar-refractivity contribution in [2.24, 2.45) is 0 Å². The second kappa shape index (κ2) is 6.79. The molecule has 0 amide bonds. The highest BCUT2D eigenvalue weighted by Crippen LogP contribution is 2.10. The monoisotopic (exact) mass is 362 g/mol. The molecule has 4 rings (SSSR count). The van der Waals surface area contributed by atoms with Gasteiger partial charge in [0.15, 0.2) is 0 Å². The van der Waals surface area contributed by atoms with Gasteiger partial charge in [0, 0.05) is 11.8 Å². The Hall–Kier alpha value is -3.88. The summed E-state index contributed by atoms with van der Waals surface area (Å²) >= 11 is 0. The number of carbonyl (C=O) groups is 1. The lowest BCUT2D eigenvalue weighted by molar-refractivity contribution is 0.0467. The van der Waals surface area contributed by atoms with Crippen LogP contribution in [0.4, 0.5) is 0 Å². The Morgan fingerprint density at radius 1 is 1.15 bits per heavy atom. The second-order valence-electron chi connectivity index (χ2n) is 5.82. The fraction of sp³-hybridized carbons (Fsp3) is 0.111. The third-order valence-electron chi connectivity index (χ3n) is 4.00. The number of pyridine rings is 1. The molecule has 1 aromatic carbocycles. The molecule has 0 radical (unpaired) electrons. The van der Waals surface area contributed by atoms with E-state index in [1.54, 1.807) is 30.3 Å². The fourth-order valence-corrected chi connectivity index (χ4v) is 2.69. The van der Waals surface area contributed by atoms with Crippen molar-refractivity contribution in [1.82, 2.24) is 29.6 Å². The molecule has 0 unspecified atom stereocenters. The minimum Gasteiger partial charge on any atom is -0.456 e. The largest absolute Gasteiger partial charge is 0.456 e. The lowest BCUT2D eigenvalue weighted by Crippen LogP contribution is -2.18. The van der Waals surface area contributed by atoms with Gasteiger partial charge in [0.25, 0.3) is 5.56 Å². The van der Waals surface area contributed by atoms with E-state index in [0.29, 0.717) is 16.9 Å². The first-order valence-electron chi connectivity index (χ1n) is 8.11. The van der Waals surface area contributed by atoms with Gasteiger partial charge in [0.2, 0.25) is 0 Å². The topological polar surface area (TPSA) is 104 Å². The van der Waals surface area contributed by atoms with Gasteiger partial charge in [-0.1, -0.05) is 6.07 Å². The van der Waals surface area contributed by atoms with Gasteiger partial charge in [-0.15, -0.1) is 5.10 Å². The second-order valence-corrected chi connectivity index (χ2v) is 5.82. The highest BCUT2D eigenvalue weighted by atomic mass is 16.5. The Kier molecular flexibility index (Phi) is 4.17. The summed E-state index contributed by atoms with van der Waals surface area (Å²) in [5.74, 6) is -0.510. The molecule has 9 heteroatoms. The van der Waals surface area contributed by atoms with Gasteiger partial charge in [-0.2, -0.15) is 0 Å². The first-order chi connectivity index (χ1) is 13.1. The molecule has 0 aliphatic heterocycles. The van der Waals surface area contributed by atoms with Crippen molar-refractivity contribution in [3.05, 3.63) is 82.2 Å². The lowest BCUT2D eigenvalue weighted by Gasteiger charge is -2.08. The van der Waals surface area contributed by atoms with Crippen LogP contribution in [0.15, 0.2) is 59.7 Å². The molecule has 134 valence electrons. The number of tetrazole rings is 1. The van der Waals surface area contributed by atoms with Gasteiger partial charge in [0.05, 0.1) is 16.9 Å². The van der Waals surface area contributed by atoms with Crippen LogP contribution in [0.2, 0.25) is 0 Å². The number of fused-ring (bicyclic) bond motifs is 1. The van der Waals surface area contributed by atoms with Crippen molar-refractivity contribution in [3.63, 3.8) is 0 Å². The average Bonchev–Trinajstić information content (AvgIpc) is 3.21. The molecule has 0 saturated carbocycles. The van der Waals surface area contributed by atoms with Crippen LogP contribution in [0.1, 0.15) is 21.7 Å². The SMILES string of the molecule is Cc1cccc2nc(COC(=O)c3ccc(-n4cnnn4)cc3)cc(=O)n12. The minimum absolute atomic E-state index is 0.0900. The molecule has 9 nitrogen and oxygen atoms in total. The fourth-order valence-electron chi connectivity index (χ4n) is 2.69. The van der Waals surface area contributed by atoms with E-state index in [-0.39, 0.29) is 12.2 Å². The van der Waals surface area contributed by atoms with Crippen molar-refractivity contribution in [3.8, 4) is 5.69 Å². The number of hydrogen-bond donors (Lipinski definition) is 0. The Labute approximate surface area is 152 Å². The summed E-state index contributed by atoms with van der Waals surface area (Å²) in [6.07, 6.45) is 1.46. The molecule has 0 atom stereocenters. The standard InChI is InChI=1S/C18H14N6O3/c1-12-3-2-4-16-20-14(9-17(25)24(12)16)10-27-18(26)13-5-7-15(8-6-13)23-11-19-21-22-23/h2-9,11H,10H2,1H3. The minimum atomic E-state index is -0.510. The normalized spacial score (nSPS) is 10.9. The maximum atomic E-state index is 12.2. The Balaban J connectivity index is 1.49. The molecule has 0 fully saturated rings. The molecule has 3 aromatic heterocycles. The highest BCUT2D eigenvalue weighted by molar-refractivity contribution is 5.89. The van der Waals surface area contributed by atoms with E-state index in [9.17, 15) is 9.59 Å². The van der Waals surface area contributed by atoms with E-state index in [0.717, 1.165) is 11.4 Å². The molecule has 0 aliphatic carbocycles. The summed E-state index contributed by atoms with van der Waals surface area (Å²) in [6, 6.07) is 13.4. The Bertz CT molecular complexity index is 1170. The molecule has 0 spiro atoms. The number of esters is 1. The van der Waals surface area contributed by atoms with Crippen molar-refractivity contribution >= 4 is 11.6 Å². The van der Waals surface area contributed by atoms with Gasteiger partial charge in [-0.05, 0) is 53.7 Å². The molecule has 3 heterocycles. The summed E-state index contributed by atoms with van der Waals surface area (Å²) in [7, 11) is 0. The van der Waals surface area contributed by atoms with E-state index in [1.807, 2.05) is 19.1 Å². The summed E-state index contributed by atoms with van der Waals surface area (Å²) in [5.41, 5.74) is 2.58. The summed E-state index contributed by atoms with van der Waals surface area (Å²) < 4.78 is 8.26. The van der Waals surface area contributed by atoms with Crippen LogP contribution >= 0.6 is 0 Å². The van der Waals surface area contributed by atoms with Crippen molar-refractivity contribution in [2.45, 2.75) is 13.5 Å². The zero-order valence-electron chi connectivity index (χ0n) is 14.3. The number of aromatic nitrogens is 6. The maximum absolute atomic E-state index is 12.2. The van der Waals surface area contributed by atoms with Crippen LogP contribution in [0.25, 0.3) is 11.3 Å². The number of carbonyl (C=O) groups excluding carboxylic acids is 1. The summed E-state index contributed by atoms with van der Waals surface area (Å²) in [4.78, 5) is 28.9. The van der Waals surface area contributed by atoms with Gasteiger partial charge < -0.3 is 4.74 Å². The summed E-state index contributed by atoms with van der Waals surface area (Å²) in [5, 5.41) is 10.9. The Morgan fingerprint density at radius 2 is 1.96 bits per heavy atom. The molecule has 0 saturated heterocycles. The van der Waals surface area contributed by atoms with Crippen LogP contribution in [-0.4, -0.2) is 35.6 Å². The zero-order valence-corrected chi connectivity index (χ0v) is 14.3. The maximum Gasteiger partial charge on any atom is 0.338 e. The van der Waals surface area contributed by atoms with Gasteiger partial charge in [0.1, 0.15) is 18.6 Å². The first-order valence-corrected chi connectivity index (χ1v) is 8.11. The van der Waals surface area contributed by atoms with Gasteiger partial charge in [-0.3, -0.25) is 9.20 Å². The van der Waals surface area contributed by atoms with Crippen molar-refractivity contribution in [1.29, 1.82) is 0 Å². The summed E-state index contributed by atoms with van der Waals surface area (Å²) in [6.45, 7) is 1.74. The number of hydrogen-bond acceptors (Lipinski definition) is 7. The molecule has 0 bridgehead atoms. The smallest absolute Gasteiger partial charge is 0.338 e. The van der Waals surface area contributed by atoms with E-state index in [4.69, 9.17) is 4.74 Å². The van der Waals surface area contributed by atoms with Crippen LogP contribution < -0.4 is 5.56 Å². The van der Waals surface area contributed by atoms with E-state index in [1.165, 1.54) is 21.5 Å². The van der Waals surface area contributed by atoms with E-state index >= 15 is 0 Å². The van der Waals surface area contributed by atoms with Crippen molar-refractivity contribution < 1.29 is 9.53 Å². The molecule has 0 N–H and O–H groups in total. The average molecular weight is 362 g/mol. The number of nitrogens with zero attached hydrogens (tertiary/aromatic N) is 6.